The van der Waals surface area contributed by atoms with Gasteiger partial charge in [-0.25, -0.2) is 0 Å². The van der Waals surface area contributed by atoms with Gasteiger partial charge in [-0.15, -0.1) is 0 Å². The van der Waals surface area contributed by atoms with E-state index in [4.69, 9.17) is 16.0 Å². The second-order valence-electron chi connectivity index (χ2n) is 6.83. The molecule has 1 aliphatic heterocycles. The molecule has 1 aliphatic rings. The molecule has 0 fully saturated rings. The number of nitrogens with zero attached hydrogens (tertiary/aromatic N) is 1. The van der Waals surface area contributed by atoms with Crippen molar-refractivity contribution in [3.8, 4) is 0 Å². The molecular weight excluding hydrogens is 362 g/mol. The lowest BCUT2D eigenvalue weighted by molar-refractivity contribution is 0.0724. The third kappa shape index (κ3) is 3.04. The van der Waals surface area contributed by atoms with Crippen molar-refractivity contribution >= 4 is 28.5 Å². The molecule has 27 heavy (non-hydrogen) atoms. The van der Waals surface area contributed by atoms with Crippen molar-refractivity contribution in [3.63, 3.8) is 0 Å². The average molecular weight is 382 g/mol. The first-order chi connectivity index (χ1) is 13.1. The lowest BCUT2D eigenvalue weighted by Gasteiger charge is -2.25. The van der Waals surface area contributed by atoms with Crippen LogP contribution in [0.1, 0.15) is 53.9 Å². The van der Waals surface area contributed by atoms with E-state index >= 15 is 0 Å². The van der Waals surface area contributed by atoms with Crippen LogP contribution in [0.15, 0.2) is 57.7 Å². The minimum Gasteiger partial charge on any atom is -0.450 e. The molecule has 2 heterocycles. The maximum Gasteiger partial charge on any atom is 0.290 e. The smallest absolute Gasteiger partial charge is 0.290 e. The van der Waals surface area contributed by atoms with E-state index in [1.54, 1.807) is 35.2 Å². The van der Waals surface area contributed by atoms with Crippen LogP contribution < -0.4 is 5.43 Å². The summed E-state index contributed by atoms with van der Waals surface area (Å²) < 4.78 is 5.89. The highest BCUT2D eigenvalue weighted by atomic mass is 35.5. The summed E-state index contributed by atoms with van der Waals surface area (Å²) in [6.45, 7) is 2.69. The molecule has 5 heteroatoms. The van der Waals surface area contributed by atoms with Crippen LogP contribution in [-0.2, 0) is 0 Å². The summed E-state index contributed by atoms with van der Waals surface area (Å²) >= 11 is 6.19. The highest BCUT2D eigenvalue weighted by Crippen LogP contribution is 2.38. The van der Waals surface area contributed by atoms with E-state index in [2.05, 4.69) is 6.92 Å². The average Bonchev–Trinajstić information content (AvgIpc) is 2.95. The maximum absolute atomic E-state index is 13.2. The standard InChI is InChI=1S/C22H20ClNO3/c1-2-3-6-12-24-19(14-8-7-9-15(23)13-14)18-20(25)16-10-4-5-11-17(16)27-21(18)22(24)26/h4-5,7-11,13,19H,2-3,6,12H2,1H3. The topological polar surface area (TPSA) is 50.5 Å². The summed E-state index contributed by atoms with van der Waals surface area (Å²) in [7, 11) is 0. The lowest BCUT2D eigenvalue weighted by atomic mass is 9.98. The predicted molar refractivity (Wildman–Crippen MR) is 106 cm³/mol. The molecule has 0 spiro atoms. The molecule has 1 unspecified atom stereocenters. The minimum atomic E-state index is -0.469. The van der Waals surface area contributed by atoms with E-state index in [1.807, 2.05) is 18.2 Å². The van der Waals surface area contributed by atoms with Gasteiger partial charge < -0.3 is 9.32 Å². The van der Waals surface area contributed by atoms with Gasteiger partial charge in [0.25, 0.3) is 5.91 Å². The largest absolute Gasteiger partial charge is 0.450 e. The number of halogens is 1. The zero-order valence-electron chi connectivity index (χ0n) is 15.1. The number of hydrogen-bond donors (Lipinski definition) is 0. The van der Waals surface area contributed by atoms with Crippen LogP contribution in [0, 0.1) is 0 Å². The van der Waals surface area contributed by atoms with Gasteiger partial charge in [0, 0.05) is 11.6 Å². The second kappa shape index (κ2) is 7.20. The molecule has 4 nitrogen and oxygen atoms in total. The molecule has 0 saturated heterocycles. The highest BCUT2D eigenvalue weighted by Gasteiger charge is 2.42. The number of para-hydroxylation sites is 1. The number of rotatable bonds is 5. The Balaban J connectivity index is 1.92. The van der Waals surface area contributed by atoms with Crippen molar-refractivity contribution < 1.29 is 9.21 Å². The van der Waals surface area contributed by atoms with Crippen LogP contribution in [0.5, 0.6) is 0 Å². The summed E-state index contributed by atoms with van der Waals surface area (Å²) in [5, 5.41) is 1.07. The van der Waals surface area contributed by atoms with Crippen LogP contribution in [-0.4, -0.2) is 17.4 Å². The predicted octanol–water partition coefficient (Wildman–Crippen LogP) is 5.18. The SMILES string of the molecule is CCCCCN1C(=O)c2oc3ccccc3c(=O)c2C1c1cccc(Cl)c1. The van der Waals surface area contributed by atoms with E-state index in [1.165, 1.54) is 0 Å². The lowest BCUT2D eigenvalue weighted by Crippen LogP contribution is -2.30. The second-order valence-corrected chi connectivity index (χ2v) is 7.27. The van der Waals surface area contributed by atoms with Gasteiger partial charge in [-0.2, -0.15) is 0 Å². The van der Waals surface area contributed by atoms with Gasteiger partial charge in [0.1, 0.15) is 5.58 Å². The summed E-state index contributed by atoms with van der Waals surface area (Å²) in [5.41, 5.74) is 1.53. The fourth-order valence-electron chi connectivity index (χ4n) is 3.75. The molecule has 138 valence electrons. The molecule has 1 atom stereocenters. The van der Waals surface area contributed by atoms with Gasteiger partial charge in [0.05, 0.1) is 17.0 Å². The normalized spacial score (nSPS) is 16.1. The summed E-state index contributed by atoms with van der Waals surface area (Å²) in [4.78, 5) is 28.1. The Bertz CT molecular complexity index is 1070. The number of carbonyl (C=O) groups excluding carboxylic acids is 1. The zero-order chi connectivity index (χ0) is 19.0. The number of unbranched alkanes of at least 4 members (excludes halogenated alkanes) is 2. The van der Waals surface area contributed by atoms with Gasteiger partial charge >= 0.3 is 0 Å². The Kier molecular flexibility index (Phi) is 4.75. The molecule has 0 aliphatic carbocycles. The Morgan fingerprint density at radius 1 is 1.07 bits per heavy atom. The van der Waals surface area contributed by atoms with E-state index in [0.717, 1.165) is 24.8 Å². The van der Waals surface area contributed by atoms with Gasteiger partial charge in [0.2, 0.25) is 5.76 Å². The van der Waals surface area contributed by atoms with Crippen molar-refractivity contribution in [2.45, 2.75) is 32.2 Å². The van der Waals surface area contributed by atoms with E-state index in [9.17, 15) is 9.59 Å². The van der Waals surface area contributed by atoms with Gasteiger partial charge in [-0.05, 0) is 36.2 Å². The van der Waals surface area contributed by atoms with E-state index < -0.39 is 6.04 Å². The Morgan fingerprint density at radius 2 is 1.89 bits per heavy atom. The number of carbonyl (C=O) groups is 1. The Morgan fingerprint density at radius 3 is 2.67 bits per heavy atom. The molecule has 4 rings (SSSR count). The van der Waals surface area contributed by atoms with Gasteiger partial charge in [-0.1, -0.05) is 55.6 Å². The number of amides is 1. The first-order valence-electron chi connectivity index (χ1n) is 9.24. The van der Waals surface area contributed by atoms with Gasteiger partial charge in [-0.3, -0.25) is 9.59 Å². The Hall–Kier alpha value is -2.59. The van der Waals surface area contributed by atoms with Crippen LogP contribution in [0.3, 0.4) is 0 Å². The molecule has 1 amide bonds. The van der Waals surface area contributed by atoms with Crippen LogP contribution in [0.4, 0.5) is 0 Å². The summed E-state index contributed by atoms with van der Waals surface area (Å²) in [6.07, 6.45) is 2.95. The van der Waals surface area contributed by atoms with Crippen molar-refractivity contribution in [2.24, 2.45) is 0 Å². The van der Waals surface area contributed by atoms with Crippen molar-refractivity contribution in [1.29, 1.82) is 0 Å². The Labute approximate surface area is 162 Å². The van der Waals surface area contributed by atoms with E-state index in [0.29, 0.717) is 28.1 Å². The highest BCUT2D eigenvalue weighted by molar-refractivity contribution is 6.30. The fraction of sp³-hybridized carbons (Fsp3) is 0.273. The molecule has 1 aromatic heterocycles. The van der Waals surface area contributed by atoms with E-state index in [-0.39, 0.29) is 17.1 Å². The van der Waals surface area contributed by atoms with Crippen LogP contribution in [0.25, 0.3) is 11.0 Å². The molecule has 0 N–H and O–H groups in total. The number of hydrogen-bond acceptors (Lipinski definition) is 3. The first-order valence-corrected chi connectivity index (χ1v) is 9.61. The summed E-state index contributed by atoms with van der Waals surface area (Å²) in [6, 6.07) is 13.9. The molecule has 2 aromatic carbocycles. The maximum atomic E-state index is 13.2. The molecule has 0 bridgehead atoms. The molecule has 3 aromatic rings. The van der Waals surface area contributed by atoms with Crippen LogP contribution in [0.2, 0.25) is 5.02 Å². The number of benzene rings is 2. The molecule has 0 saturated carbocycles. The quantitative estimate of drug-likeness (QED) is 0.572. The fourth-order valence-corrected chi connectivity index (χ4v) is 3.95. The van der Waals surface area contributed by atoms with Crippen molar-refractivity contribution in [3.05, 3.63) is 80.7 Å². The monoisotopic (exact) mass is 381 g/mol. The van der Waals surface area contributed by atoms with Crippen molar-refractivity contribution in [1.82, 2.24) is 4.90 Å². The number of fused-ring (bicyclic) bond motifs is 2. The third-order valence-corrected chi connectivity index (χ3v) is 5.28. The molecule has 0 radical (unpaired) electrons. The van der Waals surface area contributed by atoms with Crippen molar-refractivity contribution in [2.75, 3.05) is 6.54 Å². The minimum absolute atomic E-state index is 0.150. The molecular formula is C22H20ClNO3. The first kappa shape index (κ1) is 17.8. The van der Waals surface area contributed by atoms with Crippen LogP contribution >= 0.6 is 11.6 Å². The zero-order valence-corrected chi connectivity index (χ0v) is 15.8. The summed E-state index contributed by atoms with van der Waals surface area (Å²) in [5.74, 6) is -0.0749. The third-order valence-electron chi connectivity index (χ3n) is 5.04. The van der Waals surface area contributed by atoms with Gasteiger partial charge in [0.15, 0.2) is 5.43 Å².